The highest BCUT2D eigenvalue weighted by molar-refractivity contribution is 5.80. The fraction of sp³-hybridized carbons (Fsp3) is 0.357. The predicted octanol–water partition coefficient (Wildman–Crippen LogP) is 0.238. The molecule has 1 aromatic carbocycles. The van der Waals surface area contributed by atoms with Crippen molar-refractivity contribution in [1.29, 1.82) is 0 Å². The number of carbonyl (C=O) groups excluding carboxylic acids is 1. The molecule has 1 aromatic rings. The standard InChI is InChI=1S/C10H14N2O.C4H6O4/c1-12-9(10(11)13)7-8-5-3-2-4-6-8;5-3(6)1-2-4(7)8/h2-6,9,12H,7H2,1H3,(H2,11,13);1-2H2,(H,5,6)(H,7,8). The predicted molar refractivity (Wildman–Crippen MR) is 76.7 cm³/mol. The van der Waals surface area contributed by atoms with E-state index in [4.69, 9.17) is 15.9 Å². The van der Waals surface area contributed by atoms with Crippen LogP contribution in [0.1, 0.15) is 18.4 Å². The van der Waals surface area contributed by atoms with Crippen LogP contribution in [0.5, 0.6) is 0 Å². The summed E-state index contributed by atoms with van der Waals surface area (Å²) in [4.78, 5) is 30.2. The third-order valence-electron chi connectivity index (χ3n) is 2.53. The molecule has 7 nitrogen and oxygen atoms in total. The summed E-state index contributed by atoms with van der Waals surface area (Å²) >= 11 is 0. The van der Waals surface area contributed by atoms with Crippen molar-refractivity contribution in [2.45, 2.75) is 25.3 Å². The fourth-order valence-corrected chi connectivity index (χ4v) is 1.41. The van der Waals surface area contributed by atoms with E-state index in [1.54, 1.807) is 7.05 Å². The lowest BCUT2D eigenvalue weighted by Gasteiger charge is -2.11. The van der Waals surface area contributed by atoms with Crippen LogP contribution in [0.25, 0.3) is 0 Å². The maximum absolute atomic E-state index is 10.9. The lowest BCUT2D eigenvalue weighted by atomic mass is 10.1. The highest BCUT2D eigenvalue weighted by Crippen LogP contribution is 2.02. The lowest BCUT2D eigenvalue weighted by molar-refractivity contribution is -0.143. The van der Waals surface area contributed by atoms with E-state index in [9.17, 15) is 14.4 Å². The molecular formula is C14H20N2O5. The Labute approximate surface area is 122 Å². The quantitative estimate of drug-likeness (QED) is 0.570. The van der Waals surface area contributed by atoms with Gasteiger partial charge in [0.1, 0.15) is 0 Å². The number of hydrogen-bond donors (Lipinski definition) is 4. The number of primary amides is 1. The number of carbonyl (C=O) groups is 3. The normalized spacial score (nSPS) is 10.9. The number of nitrogens with two attached hydrogens (primary N) is 1. The first-order valence-corrected chi connectivity index (χ1v) is 6.31. The highest BCUT2D eigenvalue weighted by atomic mass is 16.4. The zero-order valence-corrected chi connectivity index (χ0v) is 11.8. The third-order valence-corrected chi connectivity index (χ3v) is 2.53. The monoisotopic (exact) mass is 296 g/mol. The number of nitrogens with one attached hydrogen (secondary N) is 1. The second-order valence-corrected chi connectivity index (χ2v) is 4.22. The number of aliphatic carboxylic acids is 2. The number of rotatable bonds is 7. The fourth-order valence-electron chi connectivity index (χ4n) is 1.41. The maximum Gasteiger partial charge on any atom is 0.303 e. The van der Waals surface area contributed by atoms with Crippen LogP contribution in [0.2, 0.25) is 0 Å². The molecule has 0 bridgehead atoms. The molecule has 7 heteroatoms. The number of likely N-dealkylation sites (N-methyl/N-ethyl adjacent to an activating group) is 1. The first-order chi connectivity index (χ1) is 9.86. The molecule has 0 aromatic heterocycles. The van der Waals surface area contributed by atoms with Crippen LogP contribution < -0.4 is 11.1 Å². The first-order valence-electron chi connectivity index (χ1n) is 6.31. The van der Waals surface area contributed by atoms with Gasteiger partial charge in [0.15, 0.2) is 0 Å². The molecule has 1 rings (SSSR count). The van der Waals surface area contributed by atoms with E-state index in [0.717, 1.165) is 5.56 Å². The van der Waals surface area contributed by atoms with Crippen LogP contribution in [0.3, 0.4) is 0 Å². The molecule has 0 heterocycles. The van der Waals surface area contributed by atoms with Crippen LogP contribution >= 0.6 is 0 Å². The van der Waals surface area contributed by atoms with E-state index in [2.05, 4.69) is 5.32 Å². The van der Waals surface area contributed by atoms with Crippen molar-refractivity contribution in [2.75, 3.05) is 7.05 Å². The summed E-state index contributed by atoms with van der Waals surface area (Å²) < 4.78 is 0. The number of carboxylic acids is 2. The molecule has 0 radical (unpaired) electrons. The van der Waals surface area contributed by atoms with Gasteiger partial charge in [-0.05, 0) is 19.0 Å². The number of hydrogen-bond acceptors (Lipinski definition) is 4. The summed E-state index contributed by atoms with van der Waals surface area (Å²) in [7, 11) is 1.73. The van der Waals surface area contributed by atoms with Crippen molar-refractivity contribution < 1.29 is 24.6 Å². The van der Waals surface area contributed by atoms with Gasteiger partial charge in [-0.3, -0.25) is 14.4 Å². The van der Waals surface area contributed by atoms with E-state index in [1.807, 2.05) is 30.3 Å². The smallest absolute Gasteiger partial charge is 0.303 e. The SMILES string of the molecule is CNC(Cc1ccccc1)C(N)=O.O=C(O)CCC(=O)O. The van der Waals surface area contributed by atoms with E-state index in [0.29, 0.717) is 6.42 Å². The Bertz CT molecular complexity index is 448. The molecule has 116 valence electrons. The number of benzene rings is 1. The molecule has 0 saturated carbocycles. The molecule has 0 saturated heterocycles. The summed E-state index contributed by atoms with van der Waals surface area (Å²) in [6.07, 6.45) is 0.0529. The Balaban J connectivity index is 0.000000433. The van der Waals surface area contributed by atoms with E-state index in [-0.39, 0.29) is 24.8 Å². The average Bonchev–Trinajstić information content (AvgIpc) is 2.44. The van der Waals surface area contributed by atoms with E-state index in [1.165, 1.54) is 0 Å². The molecule has 1 amide bonds. The number of carboxylic acid groups (broad SMARTS) is 2. The second-order valence-electron chi connectivity index (χ2n) is 4.22. The summed E-state index contributed by atoms with van der Waals surface area (Å²) in [6.45, 7) is 0. The minimum absolute atomic E-state index is 0.276. The van der Waals surface area contributed by atoms with Gasteiger partial charge in [0.25, 0.3) is 0 Å². The molecule has 21 heavy (non-hydrogen) atoms. The van der Waals surface area contributed by atoms with Gasteiger partial charge in [0.2, 0.25) is 5.91 Å². The summed E-state index contributed by atoms with van der Waals surface area (Å²) in [5.74, 6) is -2.47. The molecule has 5 N–H and O–H groups in total. The molecule has 0 aliphatic carbocycles. The van der Waals surface area contributed by atoms with Gasteiger partial charge >= 0.3 is 11.9 Å². The van der Waals surface area contributed by atoms with Crippen molar-refractivity contribution in [3.8, 4) is 0 Å². The number of amides is 1. The van der Waals surface area contributed by atoms with Gasteiger partial charge < -0.3 is 21.3 Å². The van der Waals surface area contributed by atoms with Gasteiger partial charge in [-0.25, -0.2) is 0 Å². The van der Waals surface area contributed by atoms with Gasteiger partial charge in [0.05, 0.1) is 18.9 Å². The Morgan fingerprint density at radius 2 is 1.57 bits per heavy atom. The van der Waals surface area contributed by atoms with Crippen molar-refractivity contribution >= 4 is 17.8 Å². The van der Waals surface area contributed by atoms with Gasteiger partial charge in [0, 0.05) is 0 Å². The lowest BCUT2D eigenvalue weighted by Crippen LogP contribution is -2.40. The zero-order valence-electron chi connectivity index (χ0n) is 11.8. The Kier molecular flexibility index (Phi) is 9.19. The molecule has 0 aliphatic heterocycles. The average molecular weight is 296 g/mol. The van der Waals surface area contributed by atoms with Gasteiger partial charge in [-0.15, -0.1) is 0 Å². The molecule has 1 unspecified atom stereocenters. The maximum atomic E-state index is 10.9. The van der Waals surface area contributed by atoms with Crippen LogP contribution in [-0.2, 0) is 20.8 Å². The van der Waals surface area contributed by atoms with Crippen molar-refractivity contribution in [3.63, 3.8) is 0 Å². The van der Waals surface area contributed by atoms with Crippen LogP contribution in [0, 0.1) is 0 Å². The molecular weight excluding hydrogens is 276 g/mol. The Hall–Kier alpha value is -2.41. The van der Waals surface area contributed by atoms with Gasteiger partial charge in [-0.1, -0.05) is 30.3 Å². The minimum Gasteiger partial charge on any atom is -0.481 e. The van der Waals surface area contributed by atoms with E-state index >= 15 is 0 Å². The molecule has 0 aliphatic rings. The molecule has 0 spiro atoms. The largest absolute Gasteiger partial charge is 0.481 e. The van der Waals surface area contributed by atoms with Crippen molar-refractivity contribution in [3.05, 3.63) is 35.9 Å². The molecule has 1 atom stereocenters. The summed E-state index contributed by atoms with van der Waals surface area (Å²) in [5, 5.41) is 18.7. The van der Waals surface area contributed by atoms with E-state index < -0.39 is 11.9 Å². The summed E-state index contributed by atoms with van der Waals surface area (Å²) in [6, 6.07) is 9.52. The minimum atomic E-state index is -1.08. The van der Waals surface area contributed by atoms with Crippen molar-refractivity contribution in [2.24, 2.45) is 5.73 Å². The highest BCUT2D eigenvalue weighted by Gasteiger charge is 2.12. The van der Waals surface area contributed by atoms with Crippen LogP contribution in [-0.4, -0.2) is 41.1 Å². The van der Waals surface area contributed by atoms with Crippen molar-refractivity contribution in [1.82, 2.24) is 5.32 Å². The van der Waals surface area contributed by atoms with Crippen LogP contribution in [0.15, 0.2) is 30.3 Å². The zero-order chi connectivity index (χ0) is 16.3. The van der Waals surface area contributed by atoms with Gasteiger partial charge in [-0.2, -0.15) is 0 Å². The second kappa shape index (κ2) is 10.4. The first kappa shape index (κ1) is 18.6. The topological polar surface area (TPSA) is 130 Å². The Morgan fingerprint density at radius 1 is 1.10 bits per heavy atom. The van der Waals surface area contributed by atoms with Crippen LogP contribution in [0.4, 0.5) is 0 Å². The molecule has 0 fully saturated rings. The Morgan fingerprint density at radius 3 is 1.90 bits per heavy atom. The summed E-state index contributed by atoms with van der Waals surface area (Å²) in [5.41, 5.74) is 6.31. The third kappa shape index (κ3) is 10.1.